The number of pyridine rings is 2. The average molecular weight is 470 g/mol. The number of hydrogen-bond acceptors (Lipinski definition) is 6. The summed E-state index contributed by atoms with van der Waals surface area (Å²) in [6.07, 6.45) is 2.33. The van der Waals surface area contributed by atoms with Crippen molar-refractivity contribution in [2.24, 2.45) is 0 Å². The van der Waals surface area contributed by atoms with Crippen molar-refractivity contribution in [2.75, 3.05) is 0 Å². The summed E-state index contributed by atoms with van der Waals surface area (Å²) >= 11 is 0. The Morgan fingerprint density at radius 2 is 1.70 bits per heavy atom. The molecule has 0 aliphatic carbocycles. The molecule has 2 N–H and O–H groups in total. The Kier molecular flexibility index (Phi) is 6.46. The van der Waals surface area contributed by atoms with Crippen LogP contribution in [-0.4, -0.2) is 24.3 Å². The van der Waals surface area contributed by atoms with Crippen LogP contribution in [0, 0.1) is 20.8 Å². The van der Waals surface area contributed by atoms with Crippen LogP contribution in [0.3, 0.4) is 0 Å². The third-order valence-electron chi connectivity index (χ3n) is 4.98. The molecule has 8 nitrogen and oxygen atoms in total. The maximum atomic E-state index is 13.0. The van der Waals surface area contributed by atoms with Crippen LogP contribution in [0.15, 0.2) is 52.4 Å². The number of amides is 1. The van der Waals surface area contributed by atoms with Gasteiger partial charge in [0.05, 0.1) is 0 Å². The Balaban J connectivity index is 2.07. The fourth-order valence-corrected chi connectivity index (χ4v) is 4.40. The lowest BCUT2D eigenvalue weighted by Crippen LogP contribution is -2.34. The minimum absolute atomic E-state index is 0.0212. The third kappa shape index (κ3) is 5.31. The Bertz CT molecular complexity index is 1360. The van der Waals surface area contributed by atoms with E-state index in [1.807, 2.05) is 58.4 Å². The number of nitrogens with zero attached hydrogens (tertiary/aromatic N) is 1. The second kappa shape index (κ2) is 8.82. The van der Waals surface area contributed by atoms with E-state index in [2.05, 4.69) is 9.97 Å². The van der Waals surface area contributed by atoms with E-state index < -0.39 is 26.3 Å². The van der Waals surface area contributed by atoms with Gasteiger partial charge in [-0.1, -0.05) is 38.5 Å². The molecule has 0 spiro atoms. The highest BCUT2D eigenvalue weighted by Crippen LogP contribution is 2.32. The number of benzene rings is 1. The molecule has 174 valence electrons. The molecule has 0 aliphatic rings. The molecule has 0 fully saturated rings. The van der Waals surface area contributed by atoms with Gasteiger partial charge in [-0.15, -0.1) is 0 Å². The molecule has 1 amide bonds. The number of rotatable bonds is 5. The van der Waals surface area contributed by atoms with Crippen molar-refractivity contribution < 1.29 is 17.9 Å². The zero-order valence-corrected chi connectivity index (χ0v) is 20.3. The van der Waals surface area contributed by atoms with Crippen LogP contribution >= 0.6 is 0 Å². The maximum absolute atomic E-state index is 13.0. The summed E-state index contributed by atoms with van der Waals surface area (Å²) in [5.41, 5.74) is 2.28. The van der Waals surface area contributed by atoms with E-state index in [0.717, 1.165) is 29.0 Å². The summed E-state index contributed by atoms with van der Waals surface area (Å²) < 4.78 is 33.4. The van der Waals surface area contributed by atoms with Crippen molar-refractivity contribution in [3.63, 3.8) is 0 Å². The lowest BCUT2D eigenvalue weighted by Gasteiger charge is -2.21. The van der Waals surface area contributed by atoms with E-state index in [4.69, 9.17) is 4.74 Å². The molecule has 0 saturated heterocycles. The lowest BCUT2D eigenvalue weighted by atomic mass is 9.91. The zero-order valence-electron chi connectivity index (χ0n) is 19.4. The molecular formula is C24H27N3O5S. The first-order valence-electron chi connectivity index (χ1n) is 10.3. The van der Waals surface area contributed by atoms with E-state index in [9.17, 15) is 18.0 Å². The molecule has 3 aromatic rings. The zero-order chi connectivity index (χ0) is 24.6. The minimum atomic E-state index is -4.42. The second-order valence-electron chi connectivity index (χ2n) is 8.94. The molecule has 33 heavy (non-hydrogen) atoms. The highest BCUT2D eigenvalue weighted by molar-refractivity contribution is 7.90. The number of hydrogen-bond donors (Lipinski definition) is 2. The number of sulfonamides is 1. The molecule has 0 aliphatic heterocycles. The molecule has 0 bridgehead atoms. The Hall–Kier alpha value is -3.46. The number of nitrogens with one attached hydrogen (secondary N) is 2. The van der Waals surface area contributed by atoms with Crippen LogP contribution in [0.1, 0.15) is 53.5 Å². The van der Waals surface area contributed by atoms with Gasteiger partial charge in [-0.05, 0) is 44.0 Å². The summed E-state index contributed by atoms with van der Waals surface area (Å²) in [7, 11) is -4.42. The van der Waals surface area contributed by atoms with Crippen molar-refractivity contribution in [3.8, 4) is 11.6 Å². The van der Waals surface area contributed by atoms with Gasteiger partial charge in [-0.25, -0.2) is 18.1 Å². The number of aromatic nitrogens is 2. The maximum Gasteiger partial charge on any atom is 0.270 e. The second-order valence-corrected chi connectivity index (χ2v) is 10.6. The van der Waals surface area contributed by atoms with E-state index in [0.29, 0.717) is 11.4 Å². The number of H-pyrrole nitrogens is 1. The normalized spacial score (nSPS) is 11.8. The van der Waals surface area contributed by atoms with E-state index in [1.54, 1.807) is 6.07 Å². The third-order valence-corrected chi connectivity index (χ3v) is 6.33. The van der Waals surface area contributed by atoms with E-state index >= 15 is 0 Å². The number of aromatic amines is 1. The van der Waals surface area contributed by atoms with Gasteiger partial charge in [0.1, 0.15) is 11.3 Å². The topological polar surface area (TPSA) is 118 Å². The summed E-state index contributed by atoms with van der Waals surface area (Å²) in [6.45, 7) is 11.6. The summed E-state index contributed by atoms with van der Waals surface area (Å²) in [5, 5.41) is 0. The quantitative estimate of drug-likeness (QED) is 0.585. The highest BCUT2D eigenvalue weighted by Gasteiger charge is 2.26. The van der Waals surface area contributed by atoms with Crippen LogP contribution in [0.2, 0.25) is 0 Å². The fourth-order valence-electron chi connectivity index (χ4n) is 3.38. The molecule has 2 heterocycles. The Morgan fingerprint density at radius 1 is 1.06 bits per heavy atom. The van der Waals surface area contributed by atoms with Gasteiger partial charge in [0, 0.05) is 29.6 Å². The summed E-state index contributed by atoms with van der Waals surface area (Å²) in [5.74, 6) is -0.439. The number of aryl methyl sites for hydroxylation is 3. The van der Waals surface area contributed by atoms with Crippen LogP contribution in [0.5, 0.6) is 11.6 Å². The highest BCUT2D eigenvalue weighted by atomic mass is 32.2. The Labute approximate surface area is 193 Å². The van der Waals surface area contributed by atoms with Gasteiger partial charge in [0.25, 0.3) is 15.9 Å². The van der Waals surface area contributed by atoms with Gasteiger partial charge < -0.3 is 9.72 Å². The van der Waals surface area contributed by atoms with E-state index in [1.165, 1.54) is 12.3 Å². The molecular weight excluding hydrogens is 442 g/mol. The molecule has 0 unspecified atom stereocenters. The smallest absolute Gasteiger partial charge is 0.270 e. The molecule has 1 aromatic carbocycles. The van der Waals surface area contributed by atoms with Gasteiger partial charge in [-0.3, -0.25) is 9.59 Å². The van der Waals surface area contributed by atoms with Crippen LogP contribution in [0.25, 0.3) is 0 Å². The molecule has 0 atom stereocenters. The van der Waals surface area contributed by atoms with Crippen molar-refractivity contribution in [1.29, 1.82) is 0 Å². The van der Waals surface area contributed by atoms with E-state index in [-0.39, 0.29) is 16.9 Å². The monoisotopic (exact) mass is 469 g/mol. The standard InChI is InChI=1S/C24H27N3O5S/c1-14-11-15(2)21(16(3)12-14)32-23-17(7-8-20(26-23)24(4,5)6)22(29)27-33(30,31)19-13-25-10-9-18(19)28/h7-13H,1-6H3,(H,25,28)(H,27,29). The number of carbonyl (C=O) groups is 1. The molecule has 9 heteroatoms. The van der Waals surface area contributed by atoms with Crippen molar-refractivity contribution in [1.82, 2.24) is 14.7 Å². The predicted molar refractivity (Wildman–Crippen MR) is 125 cm³/mol. The van der Waals surface area contributed by atoms with Gasteiger partial charge in [0.15, 0.2) is 4.90 Å². The average Bonchev–Trinajstić information content (AvgIpc) is 2.69. The lowest BCUT2D eigenvalue weighted by molar-refractivity contribution is 0.0978. The first kappa shape index (κ1) is 24.2. The SMILES string of the molecule is Cc1cc(C)c(Oc2nc(C(C)(C)C)ccc2C(=O)NS(=O)(=O)c2c[nH]ccc2=O)c(C)c1. The Morgan fingerprint density at radius 3 is 2.27 bits per heavy atom. The van der Waals surface area contributed by atoms with Crippen molar-refractivity contribution in [3.05, 3.63) is 80.9 Å². The van der Waals surface area contributed by atoms with Crippen molar-refractivity contribution >= 4 is 15.9 Å². The molecule has 0 saturated carbocycles. The molecule has 0 radical (unpaired) electrons. The predicted octanol–water partition coefficient (Wildman–Crippen LogP) is 3.90. The minimum Gasteiger partial charge on any atom is -0.438 e. The van der Waals surface area contributed by atoms with Gasteiger partial charge in [-0.2, -0.15) is 0 Å². The first-order chi connectivity index (χ1) is 15.3. The first-order valence-corrected chi connectivity index (χ1v) is 11.8. The molecule has 2 aromatic heterocycles. The molecule has 3 rings (SSSR count). The largest absolute Gasteiger partial charge is 0.438 e. The van der Waals surface area contributed by atoms with Crippen LogP contribution in [0.4, 0.5) is 0 Å². The van der Waals surface area contributed by atoms with Gasteiger partial charge in [0.2, 0.25) is 11.3 Å². The summed E-state index contributed by atoms with van der Waals surface area (Å²) in [4.78, 5) is 31.5. The number of ether oxygens (including phenoxy) is 1. The number of carbonyl (C=O) groups excluding carboxylic acids is 1. The fraction of sp³-hybridized carbons (Fsp3) is 0.292. The van der Waals surface area contributed by atoms with Crippen LogP contribution < -0.4 is 14.9 Å². The van der Waals surface area contributed by atoms with Crippen LogP contribution in [-0.2, 0) is 15.4 Å². The van der Waals surface area contributed by atoms with Gasteiger partial charge >= 0.3 is 0 Å². The van der Waals surface area contributed by atoms with Crippen molar-refractivity contribution in [2.45, 2.75) is 51.9 Å². The summed E-state index contributed by atoms with van der Waals surface area (Å²) in [6, 6.07) is 8.08.